The Bertz CT molecular complexity index is 93.7. The monoisotopic (exact) mass is 163 g/mol. The van der Waals surface area contributed by atoms with Crippen LogP contribution in [0.4, 0.5) is 0 Å². The first-order valence-corrected chi connectivity index (χ1v) is 3.54. The minimum atomic E-state index is -0.690. The smallest absolute Gasteiger partial charge is 0.243 e. The lowest BCUT2D eigenvalue weighted by atomic mass is 10.2. The fourth-order valence-corrected chi connectivity index (χ4v) is 0.258. The van der Waals surface area contributed by atoms with E-state index in [0.717, 1.165) is 6.42 Å². The molecule has 0 aliphatic carbocycles. The molecule has 0 aromatic heterocycles. The van der Waals surface area contributed by atoms with Gasteiger partial charge in [0.2, 0.25) is 5.91 Å². The van der Waals surface area contributed by atoms with E-state index in [1.165, 1.54) is 0 Å². The third-order valence-corrected chi connectivity index (χ3v) is 0.862. The van der Waals surface area contributed by atoms with Crippen molar-refractivity contribution < 1.29 is 15.0 Å². The quantitative estimate of drug-likeness (QED) is 0.524. The lowest BCUT2D eigenvalue weighted by Gasteiger charge is -1.95. The lowest BCUT2D eigenvalue weighted by Crippen LogP contribution is -2.14. The van der Waals surface area contributed by atoms with Crippen molar-refractivity contribution in [3.05, 3.63) is 0 Å². The highest BCUT2D eigenvalue weighted by Gasteiger charge is 1.86. The van der Waals surface area contributed by atoms with Crippen molar-refractivity contribution in [2.24, 2.45) is 11.7 Å². The summed E-state index contributed by atoms with van der Waals surface area (Å²) in [6.45, 7) is 3.96. The van der Waals surface area contributed by atoms with Crippen LogP contribution < -0.4 is 5.73 Å². The summed E-state index contributed by atoms with van der Waals surface area (Å²) in [6.07, 6.45) is 0.931. The van der Waals surface area contributed by atoms with Gasteiger partial charge >= 0.3 is 0 Å². The Morgan fingerprint density at radius 2 is 1.82 bits per heavy atom. The van der Waals surface area contributed by atoms with Crippen molar-refractivity contribution in [2.45, 2.75) is 20.3 Å². The van der Waals surface area contributed by atoms with E-state index in [-0.39, 0.29) is 0 Å². The van der Waals surface area contributed by atoms with Gasteiger partial charge in [-0.3, -0.25) is 4.79 Å². The van der Waals surface area contributed by atoms with E-state index in [2.05, 4.69) is 19.6 Å². The predicted octanol–water partition coefficient (Wildman–Crippen LogP) is -0.511. The van der Waals surface area contributed by atoms with Crippen LogP contribution in [-0.2, 0) is 4.79 Å². The topological polar surface area (TPSA) is 83.5 Å². The molecule has 0 saturated carbocycles. The third kappa shape index (κ3) is 26.6. The second kappa shape index (κ2) is 9.39. The largest absolute Gasteiger partial charge is 0.396 e. The fourth-order valence-electron chi connectivity index (χ4n) is 0.258. The standard InChI is InChI=1S/C5H12O.C2H5NO2/c1-5(2)3-4-6;3-2(5)1-4/h5-6H,3-4H2,1-2H3;4H,1H2,(H2,3,5). The molecule has 1 amide bonds. The molecule has 0 fully saturated rings. The summed E-state index contributed by atoms with van der Waals surface area (Å²) in [5.74, 6) is -0.0417. The van der Waals surface area contributed by atoms with Gasteiger partial charge in [-0.1, -0.05) is 13.8 Å². The molecule has 68 valence electrons. The molecule has 0 saturated heterocycles. The minimum absolute atomic E-state index is 0.331. The molecule has 0 aromatic carbocycles. The Morgan fingerprint density at radius 3 is 1.82 bits per heavy atom. The Morgan fingerprint density at radius 1 is 1.45 bits per heavy atom. The molecule has 0 aromatic rings. The molecule has 0 bridgehead atoms. The third-order valence-electron chi connectivity index (χ3n) is 0.862. The van der Waals surface area contributed by atoms with Gasteiger partial charge in [-0.15, -0.1) is 0 Å². The molecule has 0 unspecified atom stereocenters. The van der Waals surface area contributed by atoms with Gasteiger partial charge in [0, 0.05) is 6.61 Å². The Balaban J connectivity index is 0. The van der Waals surface area contributed by atoms with Crippen LogP contribution in [0.2, 0.25) is 0 Å². The van der Waals surface area contributed by atoms with Crippen LogP contribution in [-0.4, -0.2) is 29.3 Å². The summed E-state index contributed by atoms with van der Waals surface area (Å²) in [4.78, 5) is 9.34. The molecule has 11 heavy (non-hydrogen) atoms. The van der Waals surface area contributed by atoms with Crippen LogP contribution in [0.5, 0.6) is 0 Å². The van der Waals surface area contributed by atoms with Crippen LogP contribution in [0.3, 0.4) is 0 Å². The van der Waals surface area contributed by atoms with Crippen LogP contribution in [0.1, 0.15) is 20.3 Å². The Hall–Kier alpha value is -0.610. The second-order valence-corrected chi connectivity index (χ2v) is 2.53. The van der Waals surface area contributed by atoms with E-state index in [1.54, 1.807) is 0 Å². The maximum absolute atomic E-state index is 9.34. The van der Waals surface area contributed by atoms with E-state index in [1.807, 2.05) is 0 Å². The first-order valence-electron chi connectivity index (χ1n) is 3.54. The number of nitrogens with two attached hydrogens (primary N) is 1. The number of rotatable bonds is 3. The zero-order valence-electron chi connectivity index (χ0n) is 7.08. The highest BCUT2D eigenvalue weighted by atomic mass is 16.3. The van der Waals surface area contributed by atoms with Crippen molar-refractivity contribution in [1.82, 2.24) is 0 Å². The van der Waals surface area contributed by atoms with Gasteiger partial charge < -0.3 is 15.9 Å². The zero-order valence-corrected chi connectivity index (χ0v) is 7.08. The van der Waals surface area contributed by atoms with Gasteiger partial charge in [0.15, 0.2) is 0 Å². The van der Waals surface area contributed by atoms with Gasteiger partial charge in [-0.25, -0.2) is 0 Å². The van der Waals surface area contributed by atoms with Crippen LogP contribution in [0, 0.1) is 5.92 Å². The highest BCUT2D eigenvalue weighted by molar-refractivity contribution is 5.74. The number of amides is 1. The highest BCUT2D eigenvalue weighted by Crippen LogP contribution is 1.94. The Labute approximate surface area is 67.0 Å². The average molecular weight is 163 g/mol. The van der Waals surface area contributed by atoms with Crippen LogP contribution >= 0.6 is 0 Å². The second-order valence-electron chi connectivity index (χ2n) is 2.53. The van der Waals surface area contributed by atoms with Crippen molar-refractivity contribution in [2.75, 3.05) is 13.2 Å². The molecule has 0 heterocycles. The summed E-state index contributed by atoms with van der Waals surface area (Å²) >= 11 is 0. The number of aliphatic hydroxyl groups is 2. The van der Waals surface area contributed by atoms with Crippen molar-refractivity contribution in [1.29, 1.82) is 0 Å². The van der Waals surface area contributed by atoms with E-state index in [4.69, 9.17) is 10.2 Å². The summed E-state index contributed by atoms with van der Waals surface area (Å²) in [5, 5.41) is 15.9. The first-order chi connectivity index (χ1) is 5.04. The number of primary amides is 1. The molecular formula is C7H17NO3. The van der Waals surface area contributed by atoms with Gasteiger partial charge in [0.1, 0.15) is 6.61 Å². The number of carbonyl (C=O) groups is 1. The molecule has 4 heteroatoms. The number of hydrogen-bond donors (Lipinski definition) is 3. The molecule has 0 aliphatic heterocycles. The number of hydrogen-bond acceptors (Lipinski definition) is 3. The maximum atomic E-state index is 9.34. The van der Waals surface area contributed by atoms with Gasteiger partial charge in [0.05, 0.1) is 0 Å². The molecule has 0 rings (SSSR count). The Kier molecular flexibility index (Phi) is 11.1. The van der Waals surface area contributed by atoms with E-state index in [9.17, 15) is 4.79 Å². The van der Waals surface area contributed by atoms with Crippen molar-refractivity contribution in [3.8, 4) is 0 Å². The minimum Gasteiger partial charge on any atom is -0.396 e. The zero-order chi connectivity index (χ0) is 9.28. The molecule has 0 spiro atoms. The maximum Gasteiger partial charge on any atom is 0.243 e. The van der Waals surface area contributed by atoms with Crippen LogP contribution in [0.25, 0.3) is 0 Å². The summed E-state index contributed by atoms with van der Waals surface area (Å²) in [5.41, 5.74) is 4.40. The first kappa shape index (κ1) is 13.0. The summed E-state index contributed by atoms with van der Waals surface area (Å²) < 4.78 is 0. The predicted molar refractivity (Wildman–Crippen MR) is 42.8 cm³/mol. The normalized spacial score (nSPS) is 8.82. The molecule has 0 atom stereocenters. The number of aliphatic hydroxyl groups excluding tert-OH is 2. The van der Waals surface area contributed by atoms with E-state index in [0.29, 0.717) is 12.5 Å². The summed E-state index contributed by atoms with van der Waals surface area (Å²) in [7, 11) is 0. The number of carbonyl (C=O) groups excluding carboxylic acids is 1. The van der Waals surface area contributed by atoms with E-state index >= 15 is 0 Å². The van der Waals surface area contributed by atoms with Crippen LogP contribution in [0.15, 0.2) is 0 Å². The molecule has 4 N–H and O–H groups in total. The van der Waals surface area contributed by atoms with Gasteiger partial charge in [-0.2, -0.15) is 0 Å². The molecule has 4 nitrogen and oxygen atoms in total. The SMILES string of the molecule is CC(C)CCO.NC(=O)CO. The van der Waals surface area contributed by atoms with E-state index < -0.39 is 12.5 Å². The van der Waals surface area contributed by atoms with Gasteiger partial charge in [0.25, 0.3) is 0 Å². The van der Waals surface area contributed by atoms with Crippen molar-refractivity contribution >= 4 is 5.91 Å². The molecular weight excluding hydrogens is 146 g/mol. The molecule has 0 radical (unpaired) electrons. The molecule has 0 aliphatic rings. The van der Waals surface area contributed by atoms with Gasteiger partial charge in [-0.05, 0) is 12.3 Å². The van der Waals surface area contributed by atoms with Crippen molar-refractivity contribution in [3.63, 3.8) is 0 Å². The lowest BCUT2D eigenvalue weighted by molar-refractivity contribution is -0.120. The fraction of sp³-hybridized carbons (Fsp3) is 0.857. The average Bonchev–Trinajstić information content (AvgIpc) is 1.89. The summed E-state index contributed by atoms with van der Waals surface area (Å²) in [6, 6.07) is 0.